The average Bonchev–Trinajstić information content (AvgIpc) is 2.37. The van der Waals surface area contributed by atoms with Crippen LogP contribution in [0.3, 0.4) is 0 Å². The van der Waals surface area contributed by atoms with E-state index in [2.05, 4.69) is 4.90 Å². The van der Waals surface area contributed by atoms with Crippen molar-refractivity contribution in [2.45, 2.75) is 26.1 Å². The van der Waals surface area contributed by atoms with Crippen molar-refractivity contribution in [1.29, 1.82) is 0 Å². The molecule has 0 radical (unpaired) electrons. The third-order valence-corrected chi connectivity index (χ3v) is 3.25. The molecule has 2 atom stereocenters. The largest absolute Gasteiger partial charge is 0.497 e. The number of carbonyl (C=O) groups is 1. The molecule has 1 saturated heterocycles. The highest BCUT2D eigenvalue weighted by Gasteiger charge is 2.24. The summed E-state index contributed by atoms with van der Waals surface area (Å²) in [6.07, 6.45) is 0.365. The van der Waals surface area contributed by atoms with E-state index in [0.29, 0.717) is 12.1 Å². The van der Waals surface area contributed by atoms with Gasteiger partial charge < -0.3 is 9.47 Å². The molecule has 4 nitrogen and oxygen atoms in total. The first-order valence-electron chi connectivity index (χ1n) is 6.63. The minimum Gasteiger partial charge on any atom is -0.497 e. The second-order valence-corrected chi connectivity index (χ2v) is 5.11. The van der Waals surface area contributed by atoms with Gasteiger partial charge in [0.15, 0.2) is 5.78 Å². The first kappa shape index (κ1) is 14.0. The van der Waals surface area contributed by atoms with Crippen molar-refractivity contribution in [2.24, 2.45) is 0 Å². The molecule has 0 spiro atoms. The number of nitrogens with zero attached hydrogens (tertiary/aromatic N) is 1. The van der Waals surface area contributed by atoms with Gasteiger partial charge in [0.2, 0.25) is 0 Å². The molecule has 2 rings (SSSR count). The summed E-state index contributed by atoms with van der Waals surface area (Å²) in [4.78, 5) is 14.4. The van der Waals surface area contributed by atoms with E-state index >= 15 is 0 Å². The molecule has 4 heteroatoms. The molecule has 0 aliphatic carbocycles. The van der Waals surface area contributed by atoms with Crippen LogP contribution in [-0.4, -0.2) is 49.6 Å². The van der Waals surface area contributed by atoms with E-state index in [1.165, 1.54) is 0 Å². The van der Waals surface area contributed by atoms with Crippen LogP contribution in [0.15, 0.2) is 24.3 Å². The fraction of sp³-hybridized carbons (Fsp3) is 0.533. The molecule has 19 heavy (non-hydrogen) atoms. The van der Waals surface area contributed by atoms with Crippen LogP contribution in [0.25, 0.3) is 0 Å². The van der Waals surface area contributed by atoms with Gasteiger partial charge in [0.25, 0.3) is 0 Å². The molecule has 0 N–H and O–H groups in total. The molecule has 1 heterocycles. The van der Waals surface area contributed by atoms with Crippen LogP contribution in [0.1, 0.15) is 24.2 Å². The van der Waals surface area contributed by atoms with Gasteiger partial charge >= 0.3 is 0 Å². The van der Waals surface area contributed by atoms with E-state index in [4.69, 9.17) is 9.47 Å². The molecule has 0 saturated carbocycles. The number of carbonyl (C=O) groups excluding carboxylic acids is 1. The monoisotopic (exact) mass is 263 g/mol. The molecule has 1 aromatic rings. The Hall–Kier alpha value is -1.39. The van der Waals surface area contributed by atoms with Gasteiger partial charge in [-0.05, 0) is 26.0 Å². The molecule has 1 aliphatic heterocycles. The lowest BCUT2D eigenvalue weighted by Crippen LogP contribution is -2.47. The van der Waals surface area contributed by atoms with Crippen LogP contribution >= 0.6 is 0 Å². The number of ketones is 1. The third-order valence-electron chi connectivity index (χ3n) is 3.25. The van der Waals surface area contributed by atoms with E-state index in [1.54, 1.807) is 13.2 Å². The van der Waals surface area contributed by atoms with E-state index < -0.39 is 0 Å². The SMILES string of the molecule is COc1cccc(C(=O)CN2C[C@@H](C)O[C@@H](C)C2)c1. The summed E-state index contributed by atoms with van der Waals surface area (Å²) >= 11 is 0. The van der Waals surface area contributed by atoms with E-state index in [-0.39, 0.29) is 18.0 Å². The maximum absolute atomic E-state index is 12.3. The number of benzene rings is 1. The normalized spacial score (nSPS) is 24.2. The summed E-state index contributed by atoms with van der Waals surface area (Å²) in [5.74, 6) is 0.842. The summed E-state index contributed by atoms with van der Waals surface area (Å²) in [5, 5.41) is 0. The first-order chi connectivity index (χ1) is 9.08. The lowest BCUT2D eigenvalue weighted by molar-refractivity contribution is -0.0652. The van der Waals surface area contributed by atoms with Crippen molar-refractivity contribution in [2.75, 3.05) is 26.7 Å². The predicted octanol–water partition coefficient (Wildman–Crippen LogP) is 1.99. The zero-order valence-electron chi connectivity index (χ0n) is 11.8. The first-order valence-corrected chi connectivity index (χ1v) is 6.63. The Labute approximate surface area is 114 Å². The molecular weight excluding hydrogens is 242 g/mol. The predicted molar refractivity (Wildman–Crippen MR) is 73.8 cm³/mol. The highest BCUT2D eigenvalue weighted by molar-refractivity contribution is 5.97. The maximum atomic E-state index is 12.3. The van der Waals surface area contributed by atoms with Crippen LogP contribution in [0.5, 0.6) is 5.75 Å². The van der Waals surface area contributed by atoms with Crippen molar-refractivity contribution in [3.05, 3.63) is 29.8 Å². The quantitative estimate of drug-likeness (QED) is 0.779. The summed E-state index contributed by atoms with van der Waals surface area (Å²) in [7, 11) is 1.61. The van der Waals surface area contributed by atoms with Crippen LogP contribution in [-0.2, 0) is 4.74 Å². The van der Waals surface area contributed by atoms with Gasteiger partial charge in [0, 0.05) is 18.7 Å². The number of hydrogen-bond acceptors (Lipinski definition) is 4. The minimum absolute atomic E-state index is 0.125. The molecule has 0 aromatic heterocycles. The number of methoxy groups -OCH3 is 1. The van der Waals surface area contributed by atoms with E-state index in [9.17, 15) is 4.79 Å². The fourth-order valence-electron chi connectivity index (χ4n) is 2.50. The van der Waals surface area contributed by atoms with E-state index in [1.807, 2.05) is 32.0 Å². The zero-order chi connectivity index (χ0) is 13.8. The number of rotatable bonds is 4. The van der Waals surface area contributed by atoms with Crippen LogP contribution in [0.2, 0.25) is 0 Å². The number of Topliss-reactive ketones (excluding diaryl/α,β-unsaturated/α-hetero) is 1. The van der Waals surface area contributed by atoms with Gasteiger partial charge in [0.1, 0.15) is 5.75 Å². The van der Waals surface area contributed by atoms with Gasteiger partial charge in [-0.3, -0.25) is 9.69 Å². The van der Waals surface area contributed by atoms with E-state index in [0.717, 1.165) is 18.8 Å². The number of hydrogen-bond donors (Lipinski definition) is 0. The molecular formula is C15H21NO3. The lowest BCUT2D eigenvalue weighted by Gasteiger charge is -2.34. The van der Waals surface area contributed by atoms with Gasteiger partial charge in [-0.25, -0.2) is 0 Å². The van der Waals surface area contributed by atoms with Crippen molar-refractivity contribution in [3.8, 4) is 5.75 Å². The van der Waals surface area contributed by atoms with Gasteiger partial charge in [-0.1, -0.05) is 12.1 Å². The smallest absolute Gasteiger partial charge is 0.176 e. The number of ether oxygens (including phenoxy) is 2. The second-order valence-electron chi connectivity index (χ2n) is 5.11. The molecule has 0 bridgehead atoms. The van der Waals surface area contributed by atoms with Gasteiger partial charge in [-0.15, -0.1) is 0 Å². The Balaban J connectivity index is 2.00. The summed E-state index contributed by atoms with van der Waals surface area (Å²) in [6.45, 7) is 6.13. The Kier molecular flexibility index (Phi) is 4.56. The zero-order valence-corrected chi connectivity index (χ0v) is 11.8. The van der Waals surface area contributed by atoms with Gasteiger partial charge in [-0.2, -0.15) is 0 Å². The van der Waals surface area contributed by atoms with Crippen molar-refractivity contribution in [3.63, 3.8) is 0 Å². The van der Waals surface area contributed by atoms with Gasteiger partial charge in [0.05, 0.1) is 25.9 Å². The maximum Gasteiger partial charge on any atom is 0.176 e. The molecule has 1 fully saturated rings. The Morgan fingerprint density at radius 3 is 2.68 bits per heavy atom. The molecule has 1 aromatic carbocycles. The Morgan fingerprint density at radius 2 is 2.05 bits per heavy atom. The topological polar surface area (TPSA) is 38.8 Å². The number of morpholine rings is 1. The third kappa shape index (κ3) is 3.78. The molecule has 104 valence electrons. The van der Waals surface area contributed by atoms with Crippen molar-refractivity contribution < 1.29 is 14.3 Å². The Bertz CT molecular complexity index is 437. The Morgan fingerprint density at radius 1 is 1.37 bits per heavy atom. The molecule has 1 aliphatic rings. The molecule has 0 unspecified atom stereocenters. The standard InChI is InChI=1S/C15H21NO3/c1-11-8-16(9-12(2)19-11)10-15(17)13-5-4-6-14(7-13)18-3/h4-7,11-12H,8-10H2,1-3H3/t11-,12+. The highest BCUT2D eigenvalue weighted by atomic mass is 16.5. The van der Waals surface area contributed by atoms with Crippen molar-refractivity contribution in [1.82, 2.24) is 4.90 Å². The van der Waals surface area contributed by atoms with Crippen LogP contribution in [0, 0.1) is 0 Å². The lowest BCUT2D eigenvalue weighted by atomic mass is 10.1. The van der Waals surface area contributed by atoms with Crippen molar-refractivity contribution >= 4 is 5.78 Å². The van der Waals surface area contributed by atoms with Crippen LogP contribution < -0.4 is 4.74 Å². The summed E-state index contributed by atoms with van der Waals surface area (Å²) in [6, 6.07) is 7.31. The fourth-order valence-corrected chi connectivity index (χ4v) is 2.50. The molecule has 0 amide bonds. The summed E-state index contributed by atoms with van der Waals surface area (Å²) < 4.78 is 10.8. The second kappa shape index (κ2) is 6.17. The van der Waals surface area contributed by atoms with Crippen LogP contribution in [0.4, 0.5) is 0 Å². The minimum atomic E-state index is 0.125. The average molecular weight is 263 g/mol. The highest BCUT2D eigenvalue weighted by Crippen LogP contribution is 2.15. The summed E-state index contributed by atoms with van der Waals surface area (Å²) in [5.41, 5.74) is 0.700.